The molecule has 2 atom stereocenters. The van der Waals surface area contributed by atoms with Crippen molar-refractivity contribution in [2.75, 3.05) is 13.2 Å². The summed E-state index contributed by atoms with van der Waals surface area (Å²) < 4.78 is 10.6. The van der Waals surface area contributed by atoms with Crippen LogP contribution in [0.3, 0.4) is 0 Å². The normalized spacial score (nSPS) is 14.4. The lowest BCUT2D eigenvalue weighted by Crippen LogP contribution is -2.30. The number of carbonyl (C=O) groups excluding carboxylic acids is 3. The van der Waals surface area contributed by atoms with Gasteiger partial charge in [0.2, 0.25) is 0 Å². The highest BCUT2D eigenvalue weighted by Gasteiger charge is 2.28. The lowest BCUT2D eigenvalue weighted by molar-refractivity contribution is -0.252. The smallest absolute Gasteiger partial charge is 0.328 e. The number of carbonyl (C=O) groups is 4. The molecule has 11 heteroatoms. The minimum Gasteiger partial charge on any atom is -0.599 e. The standard InChI is InChI=1S/C21H21NO4.C20H19NO5/c1-13(23)11-20(14(2)24)22-21(25)26-12-19-17-9-5-3-7-15(17)16-8-4-6-10-18(16)19;1-12(22)10-18(19(23)24)21-20(25)26-11-17-15-8-4-2-6-13(15)14-7-3-5-9-16(14)17/h3-10,19-20H,11-12H2,1-2H3,(H,22,25);2-9,17-18H,10-11H2,1H3,(H,21,25)(H,23,24)/p-2. The zero-order valence-electron chi connectivity index (χ0n) is 29.0. The molecule has 0 spiro atoms. The first-order chi connectivity index (χ1) is 24.9. The van der Waals surface area contributed by atoms with Gasteiger partial charge in [-0.1, -0.05) is 97.1 Å². The van der Waals surface area contributed by atoms with Crippen molar-refractivity contribution in [2.24, 2.45) is 9.98 Å². The summed E-state index contributed by atoms with van der Waals surface area (Å²) in [5.74, 6) is -2.39. The van der Waals surface area contributed by atoms with Crippen molar-refractivity contribution in [2.45, 2.75) is 57.5 Å². The van der Waals surface area contributed by atoms with Gasteiger partial charge in [-0.3, -0.25) is 24.4 Å². The highest BCUT2D eigenvalue weighted by Crippen LogP contribution is 2.45. The van der Waals surface area contributed by atoms with Gasteiger partial charge < -0.3 is 24.8 Å². The largest absolute Gasteiger partial charge is 0.599 e. The van der Waals surface area contributed by atoms with Gasteiger partial charge in [0.1, 0.15) is 29.8 Å². The number of hydrogen-bond donors (Lipinski definition) is 1. The van der Waals surface area contributed by atoms with Crippen LogP contribution in [0, 0.1) is 0 Å². The van der Waals surface area contributed by atoms with E-state index in [4.69, 9.17) is 14.6 Å². The predicted molar refractivity (Wildman–Crippen MR) is 191 cm³/mol. The van der Waals surface area contributed by atoms with E-state index in [0.717, 1.165) is 44.5 Å². The van der Waals surface area contributed by atoms with E-state index in [1.807, 2.05) is 84.9 Å². The van der Waals surface area contributed by atoms with Crippen LogP contribution in [0.25, 0.3) is 22.3 Å². The number of rotatable bonds is 12. The molecule has 0 saturated heterocycles. The minimum atomic E-state index is -1.41. The SMILES string of the molecule is CC(=O)CC(N=C([O-])OCC1c2ccccc2-c2ccccc21)C(=O)O.CC(=O)CC(N=C([O-])OCC1c2ccccc2-c2ccccc21)C(C)=O. The second-order valence-electron chi connectivity index (χ2n) is 12.7. The number of ether oxygens (including phenoxy) is 2. The van der Waals surface area contributed by atoms with Crippen molar-refractivity contribution < 1.29 is 44.0 Å². The lowest BCUT2D eigenvalue weighted by atomic mass is 9.98. The molecule has 0 radical (unpaired) electrons. The number of hydrogen-bond acceptors (Lipinski definition) is 10. The Morgan fingerprint density at radius 1 is 0.577 bits per heavy atom. The van der Waals surface area contributed by atoms with E-state index in [-0.39, 0.29) is 55.2 Å². The van der Waals surface area contributed by atoms with E-state index in [1.165, 1.54) is 20.8 Å². The molecular formula is C41H38N2O9-2. The average molecular weight is 703 g/mol. The summed E-state index contributed by atoms with van der Waals surface area (Å²) in [5.41, 5.74) is 8.79. The molecule has 0 aliphatic heterocycles. The summed E-state index contributed by atoms with van der Waals surface area (Å²) in [6.45, 7) is 4.13. The Kier molecular flexibility index (Phi) is 12.0. The van der Waals surface area contributed by atoms with Crippen LogP contribution in [0.15, 0.2) is 107 Å². The van der Waals surface area contributed by atoms with Gasteiger partial charge in [0.15, 0.2) is 11.8 Å². The highest BCUT2D eigenvalue weighted by molar-refractivity contribution is 5.89. The molecule has 4 aromatic carbocycles. The maximum absolute atomic E-state index is 12.1. The summed E-state index contributed by atoms with van der Waals surface area (Å²) in [5, 5.41) is 33.1. The van der Waals surface area contributed by atoms with Gasteiger partial charge in [-0.2, -0.15) is 0 Å². The fourth-order valence-corrected chi connectivity index (χ4v) is 6.53. The molecule has 2 aliphatic rings. The molecule has 1 N–H and O–H groups in total. The molecule has 0 amide bonds. The minimum absolute atomic E-state index is 0.0583. The molecule has 268 valence electrons. The number of aliphatic imine (C=N–C) groups is 2. The van der Waals surface area contributed by atoms with Crippen molar-refractivity contribution in [1.82, 2.24) is 0 Å². The Morgan fingerprint density at radius 3 is 1.19 bits per heavy atom. The van der Waals surface area contributed by atoms with Crippen LogP contribution in [-0.2, 0) is 28.7 Å². The fourth-order valence-electron chi connectivity index (χ4n) is 6.53. The van der Waals surface area contributed by atoms with Crippen LogP contribution in [0.5, 0.6) is 0 Å². The Morgan fingerprint density at radius 2 is 0.885 bits per heavy atom. The quantitative estimate of drug-likeness (QED) is 0.165. The van der Waals surface area contributed by atoms with E-state index in [1.54, 1.807) is 0 Å². The van der Waals surface area contributed by atoms with E-state index in [0.29, 0.717) is 0 Å². The van der Waals surface area contributed by atoms with Crippen LogP contribution >= 0.6 is 0 Å². The zero-order valence-corrected chi connectivity index (χ0v) is 29.0. The Bertz CT molecular complexity index is 1800. The summed E-state index contributed by atoms with van der Waals surface area (Å²) in [4.78, 5) is 52.2. The molecule has 6 rings (SSSR count). The molecule has 0 aromatic heterocycles. The Labute approximate surface area is 301 Å². The van der Waals surface area contributed by atoms with Gasteiger partial charge in [0.05, 0.1) is 0 Å². The summed E-state index contributed by atoms with van der Waals surface area (Å²) in [6, 6.07) is 29.5. The van der Waals surface area contributed by atoms with Crippen molar-refractivity contribution >= 4 is 35.5 Å². The number of carboxylic acid groups (broad SMARTS) is 1. The van der Waals surface area contributed by atoms with E-state index in [2.05, 4.69) is 22.1 Å². The molecular weight excluding hydrogens is 664 g/mol. The first-order valence-corrected chi connectivity index (χ1v) is 16.8. The van der Waals surface area contributed by atoms with Gasteiger partial charge in [-0.15, -0.1) is 0 Å². The Hall–Kier alpha value is -6.10. The molecule has 0 saturated carbocycles. The van der Waals surface area contributed by atoms with Crippen LogP contribution < -0.4 is 10.2 Å². The summed E-state index contributed by atoms with van der Waals surface area (Å²) in [7, 11) is 0. The van der Waals surface area contributed by atoms with E-state index < -0.39 is 30.2 Å². The molecule has 2 aliphatic carbocycles. The Balaban J connectivity index is 0.000000201. The molecule has 4 aromatic rings. The topological polar surface area (TPSA) is 178 Å². The van der Waals surface area contributed by atoms with Crippen molar-refractivity contribution in [3.63, 3.8) is 0 Å². The van der Waals surface area contributed by atoms with Gasteiger partial charge in [-0.05, 0) is 65.3 Å². The highest BCUT2D eigenvalue weighted by atomic mass is 16.6. The first kappa shape index (κ1) is 37.2. The zero-order chi connectivity index (χ0) is 37.4. The number of carboxylic acids is 1. The van der Waals surface area contributed by atoms with Gasteiger partial charge >= 0.3 is 5.97 Å². The molecule has 0 fully saturated rings. The van der Waals surface area contributed by atoms with Crippen molar-refractivity contribution in [3.05, 3.63) is 119 Å². The fraction of sp³-hybridized carbons (Fsp3) is 0.268. The third-order valence-electron chi connectivity index (χ3n) is 8.91. The third-order valence-corrected chi connectivity index (χ3v) is 8.91. The summed E-state index contributed by atoms with van der Waals surface area (Å²) >= 11 is 0. The third kappa shape index (κ3) is 8.79. The molecule has 11 nitrogen and oxygen atoms in total. The monoisotopic (exact) mass is 702 g/mol. The molecule has 0 bridgehead atoms. The lowest BCUT2D eigenvalue weighted by Gasteiger charge is -2.22. The van der Waals surface area contributed by atoms with Gasteiger partial charge in [0, 0.05) is 37.9 Å². The molecule has 0 heterocycles. The maximum Gasteiger partial charge on any atom is 0.328 e. The van der Waals surface area contributed by atoms with Gasteiger partial charge in [-0.25, -0.2) is 4.79 Å². The van der Waals surface area contributed by atoms with Crippen LogP contribution in [0.1, 0.15) is 67.7 Å². The van der Waals surface area contributed by atoms with E-state index >= 15 is 0 Å². The van der Waals surface area contributed by atoms with E-state index in [9.17, 15) is 29.4 Å². The van der Waals surface area contributed by atoms with Crippen LogP contribution in [-0.4, -0.2) is 65.9 Å². The second-order valence-corrected chi connectivity index (χ2v) is 12.7. The predicted octanol–water partition coefficient (Wildman–Crippen LogP) is 4.43. The molecule has 2 unspecified atom stereocenters. The van der Waals surface area contributed by atoms with Crippen molar-refractivity contribution in [1.29, 1.82) is 0 Å². The van der Waals surface area contributed by atoms with Crippen LogP contribution in [0.4, 0.5) is 0 Å². The first-order valence-electron chi connectivity index (χ1n) is 16.8. The summed E-state index contributed by atoms with van der Waals surface area (Å²) in [6.07, 6.45) is -2.20. The molecule has 52 heavy (non-hydrogen) atoms. The number of benzene rings is 4. The number of fused-ring (bicyclic) bond motifs is 6. The van der Waals surface area contributed by atoms with Crippen molar-refractivity contribution in [3.8, 4) is 22.3 Å². The number of Topliss-reactive ketones (excluding diaryl/α,β-unsaturated/α-hetero) is 3. The average Bonchev–Trinajstić information content (AvgIpc) is 3.61. The van der Waals surface area contributed by atoms with Crippen LogP contribution in [0.2, 0.25) is 0 Å². The number of nitrogens with zero attached hydrogens (tertiary/aromatic N) is 2. The number of ketones is 3. The maximum atomic E-state index is 12.1. The van der Waals surface area contributed by atoms with Gasteiger partial charge in [0.25, 0.3) is 0 Å². The number of aliphatic carboxylic acids is 1. The second kappa shape index (κ2) is 16.7.